The van der Waals surface area contributed by atoms with Gasteiger partial charge in [0.25, 0.3) is 0 Å². The van der Waals surface area contributed by atoms with Gasteiger partial charge >= 0.3 is 5.97 Å². The molecule has 2 aromatic rings. The first-order valence-corrected chi connectivity index (χ1v) is 10.2. The molecule has 0 bridgehead atoms. The number of carbonyl (C=O) groups is 1. The SMILES string of the molecule is COC(=O)C[C@@H]1COc2cc(OC3CCc4c3cccc4C3(C)CC3)ccc21. The molecule has 4 nitrogen and oxygen atoms in total. The molecule has 1 fully saturated rings. The van der Waals surface area contributed by atoms with E-state index in [0.717, 1.165) is 29.9 Å². The number of hydrogen-bond acceptors (Lipinski definition) is 4. The number of ether oxygens (including phenoxy) is 3. The Kier molecular flexibility index (Phi) is 4.11. The van der Waals surface area contributed by atoms with E-state index in [4.69, 9.17) is 14.2 Å². The van der Waals surface area contributed by atoms with E-state index in [1.54, 1.807) is 0 Å². The minimum absolute atomic E-state index is 0.0607. The van der Waals surface area contributed by atoms with Gasteiger partial charge in [-0.25, -0.2) is 0 Å². The summed E-state index contributed by atoms with van der Waals surface area (Å²) in [6.07, 6.45) is 5.15. The summed E-state index contributed by atoms with van der Waals surface area (Å²) in [4.78, 5) is 11.6. The van der Waals surface area contributed by atoms with Gasteiger partial charge in [0.2, 0.25) is 0 Å². The van der Waals surface area contributed by atoms with E-state index in [0.29, 0.717) is 18.4 Å². The van der Waals surface area contributed by atoms with Gasteiger partial charge in [0.15, 0.2) is 0 Å². The third-order valence-corrected chi connectivity index (χ3v) is 6.65. The van der Waals surface area contributed by atoms with Crippen molar-refractivity contribution < 1.29 is 19.0 Å². The van der Waals surface area contributed by atoms with E-state index in [2.05, 4.69) is 25.1 Å². The zero-order valence-electron chi connectivity index (χ0n) is 16.5. The van der Waals surface area contributed by atoms with E-state index < -0.39 is 0 Å². The van der Waals surface area contributed by atoms with Gasteiger partial charge in [0, 0.05) is 17.5 Å². The van der Waals surface area contributed by atoms with Crippen LogP contribution >= 0.6 is 0 Å². The predicted octanol–water partition coefficient (Wildman–Crippen LogP) is 4.84. The predicted molar refractivity (Wildman–Crippen MR) is 106 cm³/mol. The molecule has 0 spiro atoms. The van der Waals surface area contributed by atoms with Crippen LogP contribution in [0, 0.1) is 0 Å². The molecule has 28 heavy (non-hydrogen) atoms. The van der Waals surface area contributed by atoms with Crippen molar-refractivity contribution in [2.24, 2.45) is 0 Å². The molecule has 146 valence electrons. The lowest BCUT2D eigenvalue weighted by Gasteiger charge is -2.18. The van der Waals surface area contributed by atoms with Crippen molar-refractivity contribution in [3.63, 3.8) is 0 Å². The van der Waals surface area contributed by atoms with Gasteiger partial charge in [-0.15, -0.1) is 0 Å². The number of esters is 1. The van der Waals surface area contributed by atoms with Gasteiger partial charge in [-0.2, -0.15) is 0 Å². The van der Waals surface area contributed by atoms with Crippen molar-refractivity contribution in [3.8, 4) is 11.5 Å². The molecule has 1 aliphatic heterocycles. The summed E-state index contributed by atoms with van der Waals surface area (Å²) in [5.41, 5.74) is 5.82. The molecule has 2 atom stereocenters. The Balaban J connectivity index is 1.35. The van der Waals surface area contributed by atoms with Gasteiger partial charge in [0.05, 0.1) is 20.1 Å². The molecule has 0 N–H and O–H groups in total. The summed E-state index contributed by atoms with van der Waals surface area (Å²) in [6.45, 7) is 2.89. The molecular formula is C24H26O4. The van der Waals surface area contributed by atoms with E-state index in [1.807, 2.05) is 18.2 Å². The van der Waals surface area contributed by atoms with Crippen molar-refractivity contribution in [1.82, 2.24) is 0 Å². The highest BCUT2D eigenvalue weighted by Crippen LogP contribution is 2.51. The first-order valence-electron chi connectivity index (χ1n) is 10.2. The second-order valence-corrected chi connectivity index (χ2v) is 8.57. The molecule has 0 radical (unpaired) electrons. The number of methoxy groups -OCH3 is 1. The van der Waals surface area contributed by atoms with Crippen LogP contribution in [-0.4, -0.2) is 19.7 Å². The molecule has 2 aliphatic carbocycles. The fourth-order valence-electron chi connectivity index (χ4n) is 4.71. The van der Waals surface area contributed by atoms with Gasteiger partial charge < -0.3 is 14.2 Å². The summed E-state index contributed by atoms with van der Waals surface area (Å²) in [5, 5.41) is 0. The third kappa shape index (κ3) is 2.95. The van der Waals surface area contributed by atoms with Crippen LogP contribution in [0.1, 0.15) is 66.9 Å². The highest BCUT2D eigenvalue weighted by molar-refractivity contribution is 5.71. The lowest BCUT2D eigenvalue weighted by atomic mass is 9.91. The summed E-state index contributed by atoms with van der Waals surface area (Å²) in [6, 6.07) is 12.7. The van der Waals surface area contributed by atoms with Gasteiger partial charge in [-0.05, 0) is 53.9 Å². The third-order valence-electron chi connectivity index (χ3n) is 6.65. The number of rotatable bonds is 5. The maximum absolute atomic E-state index is 11.6. The first-order chi connectivity index (χ1) is 13.6. The van der Waals surface area contributed by atoms with Crippen molar-refractivity contribution >= 4 is 5.97 Å². The Hall–Kier alpha value is -2.49. The van der Waals surface area contributed by atoms with Crippen molar-refractivity contribution in [2.75, 3.05) is 13.7 Å². The lowest BCUT2D eigenvalue weighted by Crippen LogP contribution is -2.09. The maximum Gasteiger partial charge on any atom is 0.306 e. The Labute approximate surface area is 165 Å². The number of carbonyl (C=O) groups excluding carboxylic acids is 1. The van der Waals surface area contributed by atoms with Crippen LogP contribution in [0.5, 0.6) is 11.5 Å². The summed E-state index contributed by atoms with van der Waals surface area (Å²) < 4.78 is 17.0. The first kappa shape index (κ1) is 17.6. The quantitative estimate of drug-likeness (QED) is 0.698. The highest BCUT2D eigenvalue weighted by Gasteiger charge is 2.42. The van der Waals surface area contributed by atoms with Crippen molar-refractivity contribution in [2.45, 2.75) is 56.5 Å². The normalized spacial score (nSPS) is 23.5. The molecule has 3 aliphatic rings. The van der Waals surface area contributed by atoms with Crippen LogP contribution in [0.4, 0.5) is 0 Å². The topological polar surface area (TPSA) is 44.8 Å². The second-order valence-electron chi connectivity index (χ2n) is 8.57. The van der Waals surface area contributed by atoms with Gasteiger partial charge in [-0.1, -0.05) is 31.2 Å². The molecule has 5 rings (SSSR count). The number of hydrogen-bond donors (Lipinski definition) is 0. The summed E-state index contributed by atoms with van der Waals surface area (Å²) >= 11 is 0. The zero-order chi connectivity index (χ0) is 19.3. The minimum Gasteiger partial charge on any atom is -0.492 e. The summed E-state index contributed by atoms with van der Waals surface area (Å²) in [5.74, 6) is 1.51. The van der Waals surface area contributed by atoms with Crippen LogP contribution in [0.2, 0.25) is 0 Å². The van der Waals surface area contributed by atoms with E-state index in [1.165, 1.54) is 36.6 Å². The molecule has 2 aromatic carbocycles. The van der Waals surface area contributed by atoms with Crippen LogP contribution in [0.25, 0.3) is 0 Å². The largest absolute Gasteiger partial charge is 0.492 e. The Morgan fingerprint density at radius 1 is 1.21 bits per heavy atom. The second kappa shape index (κ2) is 6.54. The van der Waals surface area contributed by atoms with E-state index >= 15 is 0 Å². The molecule has 0 saturated heterocycles. The molecule has 1 unspecified atom stereocenters. The molecule has 0 amide bonds. The average Bonchev–Trinajstić information content (AvgIpc) is 3.15. The fourth-order valence-corrected chi connectivity index (χ4v) is 4.71. The minimum atomic E-state index is -0.204. The zero-order valence-corrected chi connectivity index (χ0v) is 16.5. The molecule has 1 saturated carbocycles. The molecule has 1 heterocycles. The fraction of sp³-hybridized carbons (Fsp3) is 0.458. The Morgan fingerprint density at radius 2 is 2.07 bits per heavy atom. The molecule has 0 aromatic heterocycles. The number of fused-ring (bicyclic) bond motifs is 2. The molecule has 4 heteroatoms. The summed E-state index contributed by atoms with van der Waals surface area (Å²) in [7, 11) is 1.42. The van der Waals surface area contributed by atoms with Crippen LogP contribution in [-0.2, 0) is 21.4 Å². The van der Waals surface area contributed by atoms with Crippen molar-refractivity contribution in [3.05, 3.63) is 58.7 Å². The van der Waals surface area contributed by atoms with Crippen LogP contribution < -0.4 is 9.47 Å². The maximum atomic E-state index is 11.6. The van der Waals surface area contributed by atoms with Crippen molar-refractivity contribution in [1.29, 1.82) is 0 Å². The highest BCUT2D eigenvalue weighted by atomic mass is 16.5. The monoisotopic (exact) mass is 378 g/mol. The Morgan fingerprint density at radius 3 is 2.86 bits per heavy atom. The van der Waals surface area contributed by atoms with Gasteiger partial charge in [-0.3, -0.25) is 4.79 Å². The van der Waals surface area contributed by atoms with Crippen LogP contribution in [0.3, 0.4) is 0 Å². The average molecular weight is 378 g/mol. The van der Waals surface area contributed by atoms with Crippen LogP contribution in [0.15, 0.2) is 36.4 Å². The Bertz CT molecular complexity index is 928. The van der Waals surface area contributed by atoms with Gasteiger partial charge in [0.1, 0.15) is 17.6 Å². The lowest BCUT2D eigenvalue weighted by molar-refractivity contribution is -0.141. The standard InChI is InChI=1S/C24H26O4/c1-24(10-11-24)20-5-3-4-19-18(20)8-9-21(19)28-16-6-7-17-15(12-23(25)26-2)14-27-22(17)13-16/h3-7,13,15,21H,8-12,14H2,1-2H3/t15-,21?/m1/s1. The number of benzene rings is 2. The molecular weight excluding hydrogens is 352 g/mol. The smallest absolute Gasteiger partial charge is 0.306 e. The van der Waals surface area contributed by atoms with E-state index in [9.17, 15) is 4.79 Å². The van der Waals surface area contributed by atoms with E-state index in [-0.39, 0.29) is 18.0 Å².